The van der Waals surface area contributed by atoms with Crippen molar-refractivity contribution in [2.24, 2.45) is 0 Å². The Morgan fingerprint density at radius 3 is 2.23 bits per heavy atom. The lowest BCUT2D eigenvalue weighted by molar-refractivity contribution is -0.151. The lowest BCUT2D eigenvalue weighted by atomic mass is 9.72. The number of rotatable bonds is 5. The van der Waals surface area contributed by atoms with Crippen molar-refractivity contribution in [3.8, 4) is 23.0 Å². The van der Waals surface area contributed by atoms with Gasteiger partial charge >= 0.3 is 5.97 Å². The fourth-order valence-electron chi connectivity index (χ4n) is 4.61. The highest BCUT2D eigenvalue weighted by Crippen LogP contribution is 2.49. The van der Waals surface area contributed by atoms with Gasteiger partial charge in [0.15, 0.2) is 28.5 Å². The lowest BCUT2D eigenvalue weighted by Crippen LogP contribution is -2.61. The molecule has 8 heteroatoms. The molecule has 0 aromatic heterocycles. The van der Waals surface area contributed by atoms with Crippen molar-refractivity contribution in [1.29, 1.82) is 0 Å². The molecular formula is C22H23NO7. The van der Waals surface area contributed by atoms with Gasteiger partial charge in [-0.3, -0.25) is 4.79 Å². The first-order valence-corrected chi connectivity index (χ1v) is 9.47. The van der Waals surface area contributed by atoms with E-state index in [9.17, 15) is 14.7 Å². The molecule has 1 unspecified atom stereocenters. The fourth-order valence-corrected chi connectivity index (χ4v) is 4.61. The Bertz CT molecular complexity index is 1050. The maximum atomic E-state index is 13.6. The number of fused-ring (bicyclic) bond motifs is 4. The van der Waals surface area contributed by atoms with Crippen molar-refractivity contribution in [1.82, 2.24) is 4.90 Å². The fraction of sp³-hybridized carbons (Fsp3) is 0.364. The topological polar surface area (TPSA) is 94.5 Å². The number of aliphatic carboxylic acids is 1. The number of carbonyl (C=O) groups is 2. The first-order chi connectivity index (χ1) is 14.4. The Morgan fingerprint density at radius 1 is 0.967 bits per heavy atom. The van der Waals surface area contributed by atoms with Crippen LogP contribution in [-0.4, -0.2) is 56.9 Å². The zero-order valence-corrected chi connectivity index (χ0v) is 17.3. The molecule has 2 aliphatic heterocycles. The quantitative estimate of drug-likeness (QED) is 0.803. The second-order valence-electron chi connectivity index (χ2n) is 7.25. The van der Waals surface area contributed by atoms with E-state index in [-0.39, 0.29) is 13.0 Å². The van der Waals surface area contributed by atoms with Crippen LogP contribution in [0.3, 0.4) is 0 Å². The van der Waals surface area contributed by atoms with Gasteiger partial charge in [-0.2, -0.15) is 0 Å². The van der Waals surface area contributed by atoms with Crippen LogP contribution < -0.4 is 18.9 Å². The molecule has 8 nitrogen and oxygen atoms in total. The van der Waals surface area contributed by atoms with E-state index in [1.165, 1.54) is 33.3 Å². The van der Waals surface area contributed by atoms with Gasteiger partial charge in [0.2, 0.25) is 0 Å². The zero-order valence-electron chi connectivity index (χ0n) is 17.3. The summed E-state index contributed by atoms with van der Waals surface area (Å²) in [6, 6.07) is 6.89. The van der Waals surface area contributed by atoms with Crippen LogP contribution in [0, 0.1) is 0 Å². The van der Waals surface area contributed by atoms with E-state index in [0.29, 0.717) is 46.1 Å². The van der Waals surface area contributed by atoms with Crippen molar-refractivity contribution in [2.75, 3.05) is 35.0 Å². The minimum Gasteiger partial charge on any atom is -0.493 e. The molecule has 0 aliphatic carbocycles. The number of carboxylic acids is 1. The zero-order chi connectivity index (χ0) is 21.6. The summed E-state index contributed by atoms with van der Waals surface area (Å²) in [5, 5.41) is 10.4. The second-order valence-corrected chi connectivity index (χ2v) is 7.25. The molecule has 0 saturated heterocycles. The number of methoxy groups -OCH3 is 4. The molecule has 2 heterocycles. The first kappa shape index (κ1) is 19.9. The summed E-state index contributed by atoms with van der Waals surface area (Å²) >= 11 is 0. The Balaban J connectivity index is 1.98. The summed E-state index contributed by atoms with van der Waals surface area (Å²) in [5.74, 6) is 0.205. The molecule has 0 fully saturated rings. The molecule has 2 aromatic carbocycles. The van der Waals surface area contributed by atoms with Gasteiger partial charge in [0.05, 0.1) is 34.0 Å². The molecule has 0 radical (unpaired) electrons. The van der Waals surface area contributed by atoms with E-state index < -0.39 is 17.4 Å². The molecule has 30 heavy (non-hydrogen) atoms. The number of hydrogen-bond donors (Lipinski definition) is 1. The maximum Gasteiger partial charge on any atom is 0.334 e. The van der Waals surface area contributed by atoms with Crippen molar-refractivity contribution in [3.05, 3.63) is 46.5 Å². The third kappa shape index (κ3) is 2.52. The van der Waals surface area contributed by atoms with Gasteiger partial charge in [-0.1, -0.05) is 6.07 Å². The molecule has 158 valence electrons. The van der Waals surface area contributed by atoms with Gasteiger partial charge in [0, 0.05) is 13.0 Å². The van der Waals surface area contributed by atoms with E-state index in [1.807, 2.05) is 0 Å². The Morgan fingerprint density at radius 2 is 1.63 bits per heavy atom. The SMILES string of the molecule is COc1cc2c(cc1OC)C1(C(=O)O)Cc3ccc(OC)c(OC)c3C(=O)N1CC2. The standard InChI is InChI=1S/C22H23NO7/c1-27-15-6-5-13-11-22(21(25)26)14-10-17(29-3)16(28-2)9-12(14)7-8-23(22)20(24)18(13)19(15)30-4/h5-6,9-10H,7-8,11H2,1-4H3,(H,25,26). The van der Waals surface area contributed by atoms with E-state index in [1.54, 1.807) is 24.3 Å². The minimum absolute atomic E-state index is 0.103. The van der Waals surface area contributed by atoms with Crippen LogP contribution in [0.2, 0.25) is 0 Å². The van der Waals surface area contributed by atoms with Crippen LogP contribution in [0.1, 0.15) is 27.0 Å². The van der Waals surface area contributed by atoms with Gasteiger partial charge in [-0.25, -0.2) is 4.79 Å². The van der Waals surface area contributed by atoms with Gasteiger partial charge in [-0.15, -0.1) is 0 Å². The van der Waals surface area contributed by atoms with Crippen LogP contribution in [0.25, 0.3) is 0 Å². The highest BCUT2D eigenvalue weighted by molar-refractivity contribution is 6.04. The molecule has 2 aromatic rings. The maximum absolute atomic E-state index is 13.6. The summed E-state index contributed by atoms with van der Waals surface area (Å²) in [6.45, 7) is 0.257. The molecule has 2 aliphatic rings. The van der Waals surface area contributed by atoms with Crippen molar-refractivity contribution in [2.45, 2.75) is 18.4 Å². The molecule has 0 bridgehead atoms. The van der Waals surface area contributed by atoms with Crippen LogP contribution in [-0.2, 0) is 23.2 Å². The summed E-state index contributed by atoms with van der Waals surface area (Å²) in [6.07, 6.45) is 0.602. The molecule has 4 rings (SSSR count). The van der Waals surface area contributed by atoms with Gasteiger partial charge in [0.1, 0.15) is 0 Å². The molecular weight excluding hydrogens is 390 g/mol. The highest BCUT2D eigenvalue weighted by atomic mass is 16.5. The number of carbonyl (C=O) groups excluding carboxylic acids is 1. The minimum atomic E-state index is -1.54. The lowest BCUT2D eigenvalue weighted by Gasteiger charge is -2.48. The number of benzene rings is 2. The van der Waals surface area contributed by atoms with E-state index >= 15 is 0 Å². The molecule has 1 atom stereocenters. The number of nitrogens with zero attached hydrogens (tertiary/aromatic N) is 1. The van der Waals surface area contributed by atoms with Crippen LogP contribution in [0.5, 0.6) is 23.0 Å². The molecule has 0 saturated carbocycles. The normalized spacial score (nSPS) is 19.3. The Labute approximate surface area is 173 Å². The van der Waals surface area contributed by atoms with Gasteiger partial charge in [0.25, 0.3) is 5.91 Å². The van der Waals surface area contributed by atoms with Crippen LogP contribution in [0.15, 0.2) is 24.3 Å². The third-order valence-corrected chi connectivity index (χ3v) is 6.01. The van der Waals surface area contributed by atoms with Crippen LogP contribution in [0.4, 0.5) is 0 Å². The molecule has 1 N–H and O–H groups in total. The predicted molar refractivity (Wildman–Crippen MR) is 107 cm³/mol. The monoisotopic (exact) mass is 413 g/mol. The third-order valence-electron chi connectivity index (χ3n) is 6.01. The molecule has 0 spiro atoms. The van der Waals surface area contributed by atoms with Crippen molar-refractivity contribution in [3.63, 3.8) is 0 Å². The Kier molecular flexibility index (Phi) is 4.72. The largest absolute Gasteiger partial charge is 0.493 e. The summed E-state index contributed by atoms with van der Waals surface area (Å²) < 4.78 is 21.6. The van der Waals surface area contributed by atoms with E-state index in [2.05, 4.69) is 0 Å². The predicted octanol–water partition coefficient (Wildman–Crippen LogP) is 2.26. The Hall–Kier alpha value is -3.42. The van der Waals surface area contributed by atoms with Crippen LogP contribution >= 0.6 is 0 Å². The van der Waals surface area contributed by atoms with Gasteiger partial charge < -0.3 is 29.0 Å². The summed E-state index contributed by atoms with van der Waals surface area (Å²) in [5.41, 5.74) is 0.754. The summed E-state index contributed by atoms with van der Waals surface area (Å²) in [7, 11) is 5.99. The van der Waals surface area contributed by atoms with E-state index in [4.69, 9.17) is 18.9 Å². The second kappa shape index (κ2) is 7.12. The number of ether oxygens (including phenoxy) is 4. The number of hydrogen-bond acceptors (Lipinski definition) is 6. The molecule has 1 amide bonds. The van der Waals surface area contributed by atoms with Gasteiger partial charge in [-0.05, 0) is 41.3 Å². The summed E-state index contributed by atoms with van der Waals surface area (Å²) in [4.78, 5) is 27.7. The van der Waals surface area contributed by atoms with E-state index in [0.717, 1.165) is 5.56 Å². The van der Waals surface area contributed by atoms with Crippen molar-refractivity contribution >= 4 is 11.9 Å². The number of amides is 1. The number of carboxylic acid groups (broad SMARTS) is 1. The first-order valence-electron chi connectivity index (χ1n) is 9.47. The highest BCUT2D eigenvalue weighted by Gasteiger charge is 2.55. The van der Waals surface area contributed by atoms with Crippen molar-refractivity contribution < 1.29 is 33.6 Å². The smallest absolute Gasteiger partial charge is 0.334 e. The average Bonchev–Trinajstić information content (AvgIpc) is 2.76. The average molecular weight is 413 g/mol.